The van der Waals surface area contributed by atoms with Gasteiger partial charge in [-0.05, 0) is 59.7 Å². The van der Waals surface area contributed by atoms with Crippen LogP contribution >= 0.6 is 0 Å². The molecule has 2 aliphatic carbocycles. The van der Waals surface area contributed by atoms with Crippen molar-refractivity contribution >= 4 is 39.0 Å². The van der Waals surface area contributed by atoms with Gasteiger partial charge in [-0.25, -0.2) is 0 Å². The second-order valence-corrected chi connectivity index (χ2v) is 10.7. The zero-order valence-corrected chi connectivity index (χ0v) is 20.9. The Hall–Kier alpha value is -4.04. The summed E-state index contributed by atoms with van der Waals surface area (Å²) in [7, 11) is 0. The maximum Gasteiger partial charge on any atom is 0.159 e. The van der Waals surface area contributed by atoms with Crippen LogP contribution in [-0.4, -0.2) is 0 Å². The first-order valence-electron chi connectivity index (χ1n) is 12.8. The largest absolute Gasteiger partial charge is 0.454 e. The first-order chi connectivity index (χ1) is 17.5. The molecular formula is C34H29NO. The van der Waals surface area contributed by atoms with Gasteiger partial charge in [-0.2, -0.15) is 0 Å². The van der Waals surface area contributed by atoms with Crippen molar-refractivity contribution in [2.75, 3.05) is 4.90 Å². The van der Waals surface area contributed by atoms with Crippen LogP contribution in [0.15, 0.2) is 114 Å². The summed E-state index contributed by atoms with van der Waals surface area (Å²) in [6.07, 6.45) is 9.12. The average Bonchev–Trinajstić information content (AvgIpc) is 3.39. The van der Waals surface area contributed by atoms with E-state index in [1.165, 1.54) is 22.1 Å². The van der Waals surface area contributed by atoms with Gasteiger partial charge in [0.05, 0.1) is 5.69 Å². The van der Waals surface area contributed by atoms with E-state index in [4.69, 9.17) is 4.42 Å². The molecule has 0 fully saturated rings. The fraction of sp³-hybridized carbons (Fsp3) is 0.176. The van der Waals surface area contributed by atoms with Crippen molar-refractivity contribution in [3.05, 3.63) is 126 Å². The van der Waals surface area contributed by atoms with E-state index in [1.54, 1.807) is 0 Å². The lowest BCUT2D eigenvalue weighted by Crippen LogP contribution is -2.24. The number of fused-ring (bicyclic) bond motifs is 7. The molecule has 7 rings (SSSR count). The topological polar surface area (TPSA) is 16.4 Å². The number of rotatable bonds is 3. The highest BCUT2D eigenvalue weighted by atomic mass is 16.3. The van der Waals surface area contributed by atoms with Gasteiger partial charge in [0.15, 0.2) is 5.58 Å². The van der Waals surface area contributed by atoms with E-state index in [1.807, 2.05) is 0 Å². The average molecular weight is 468 g/mol. The van der Waals surface area contributed by atoms with E-state index < -0.39 is 0 Å². The zero-order valence-electron chi connectivity index (χ0n) is 20.9. The smallest absolute Gasteiger partial charge is 0.159 e. The molecule has 0 amide bonds. The summed E-state index contributed by atoms with van der Waals surface area (Å²) >= 11 is 0. The highest BCUT2D eigenvalue weighted by Gasteiger charge is 2.46. The molecule has 176 valence electrons. The van der Waals surface area contributed by atoms with Gasteiger partial charge in [0.25, 0.3) is 0 Å². The summed E-state index contributed by atoms with van der Waals surface area (Å²) in [4.78, 5) is 2.31. The number of hydrogen-bond donors (Lipinski definition) is 0. The van der Waals surface area contributed by atoms with Gasteiger partial charge in [0, 0.05) is 33.6 Å². The molecule has 2 aliphatic rings. The van der Waals surface area contributed by atoms with Gasteiger partial charge < -0.3 is 9.32 Å². The van der Waals surface area contributed by atoms with Crippen molar-refractivity contribution in [2.24, 2.45) is 5.92 Å². The van der Waals surface area contributed by atoms with Crippen LogP contribution in [0.25, 0.3) is 21.9 Å². The second-order valence-electron chi connectivity index (χ2n) is 10.7. The Bertz CT molecular complexity index is 1690. The molecule has 0 spiro atoms. The third kappa shape index (κ3) is 2.97. The van der Waals surface area contributed by atoms with Gasteiger partial charge >= 0.3 is 0 Å². The van der Waals surface area contributed by atoms with E-state index in [-0.39, 0.29) is 5.41 Å². The minimum Gasteiger partial charge on any atom is -0.454 e. The molecule has 0 saturated carbocycles. The van der Waals surface area contributed by atoms with E-state index in [2.05, 4.69) is 135 Å². The molecule has 5 aromatic rings. The quantitative estimate of drug-likeness (QED) is 0.263. The molecule has 0 N–H and O–H groups in total. The first-order valence-corrected chi connectivity index (χ1v) is 12.8. The van der Waals surface area contributed by atoms with Gasteiger partial charge in [-0.3, -0.25) is 0 Å². The number of para-hydroxylation sites is 2. The van der Waals surface area contributed by atoms with Crippen LogP contribution in [0.2, 0.25) is 0 Å². The highest BCUT2D eigenvalue weighted by molar-refractivity contribution is 6.11. The Labute approximate surface area is 212 Å². The van der Waals surface area contributed by atoms with Crippen molar-refractivity contribution in [3.8, 4) is 0 Å². The van der Waals surface area contributed by atoms with E-state index in [0.717, 1.165) is 33.6 Å². The zero-order chi connectivity index (χ0) is 24.4. The van der Waals surface area contributed by atoms with Gasteiger partial charge in [0.1, 0.15) is 5.58 Å². The lowest BCUT2D eigenvalue weighted by atomic mass is 9.74. The summed E-state index contributed by atoms with van der Waals surface area (Å²) in [5.41, 5.74) is 9.32. The minimum absolute atomic E-state index is 0.0644. The molecular weight excluding hydrogens is 438 g/mol. The first kappa shape index (κ1) is 21.3. The Morgan fingerprint density at radius 1 is 0.722 bits per heavy atom. The van der Waals surface area contributed by atoms with Gasteiger partial charge in [-0.15, -0.1) is 0 Å². The fourth-order valence-corrected chi connectivity index (χ4v) is 6.46. The monoisotopic (exact) mass is 467 g/mol. The molecule has 0 aliphatic heterocycles. The van der Waals surface area contributed by atoms with Crippen molar-refractivity contribution in [1.82, 2.24) is 0 Å². The number of furan rings is 1. The van der Waals surface area contributed by atoms with Gasteiger partial charge in [-0.1, -0.05) is 92.7 Å². The molecule has 2 atom stereocenters. The third-order valence-corrected chi connectivity index (χ3v) is 8.20. The predicted molar refractivity (Wildman–Crippen MR) is 151 cm³/mol. The molecule has 0 saturated heterocycles. The Balaban J connectivity index is 1.52. The lowest BCUT2D eigenvalue weighted by Gasteiger charge is -2.29. The van der Waals surface area contributed by atoms with Crippen molar-refractivity contribution in [2.45, 2.75) is 32.1 Å². The fourth-order valence-electron chi connectivity index (χ4n) is 6.46. The number of nitrogens with zero attached hydrogens (tertiary/aromatic N) is 1. The number of benzene rings is 4. The van der Waals surface area contributed by atoms with Crippen LogP contribution in [-0.2, 0) is 5.41 Å². The molecule has 2 heteroatoms. The SMILES string of the molecule is Cc1cccc(N(c2ccccc2)c2cccc3c2oc2c4c(ccc23)C(C)(C)C2C=CC=CC42)c1. The molecule has 1 aromatic heterocycles. The molecule has 0 radical (unpaired) electrons. The van der Waals surface area contributed by atoms with E-state index in [9.17, 15) is 0 Å². The molecule has 4 aromatic carbocycles. The summed E-state index contributed by atoms with van der Waals surface area (Å²) in [6.45, 7) is 6.88. The van der Waals surface area contributed by atoms with Crippen LogP contribution < -0.4 is 4.90 Å². The maximum atomic E-state index is 6.92. The summed E-state index contributed by atoms with van der Waals surface area (Å²) in [5, 5.41) is 2.36. The number of allylic oxidation sites excluding steroid dienone is 4. The summed E-state index contributed by atoms with van der Waals surface area (Å²) < 4.78 is 6.92. The Morgan fingerprint density at radius 2 is 1.47 bits per heavy atom. The van der Waals surface area contributed by atoms with Crippen molar-refractivity contribution in [3.63, 3.8) is 0 Å². The predicted octanol–water partition coefficient (Wildman–Crippen LogP) is 9.48. The van der Waals surface area contributed by atoms with Crippen LogP contribution in [0.5, 0.6) is 0 Å². The summed E-state index contributed by atoms with van der Waals surface area (Å²) in [6, 6.07) is 30.4. The van der Waals surface area contributed by atoms with E-state index in [0.29, 0.717) is 11.8 Å². The number of aryl methyl sites for hydroxylation is 1. The van der Waals surface area contributed by atoms with Crippen molar-refractivity contribution < 1.29 is 4.42 Å². The normalized spacial score (nSPS) is 19.5. The third-order valence-electron chi connectivity index (χ3n) is 8.20. The summed E-state index contributed by atoms with van der Waals surface area (Å²) in [5.74, 6) is 0.790. The van der Waals surface area contributed by atoms with Crippen molar-refractivity contribution in [1.29, 1.82) is 0 Å². The molecule has 2 nitrogen and oxygen atoms in total. The Morgan fingerprint density at radius 3 is 2.31 bits per heavy atom. The minimum atomic E-state index is 0.0644. The maximum absolute atomic E-state index is 6.92. The van der Waals surface area contributed by atoms with Crippen LogP contribution in [0.4, 0.5) is 17.1 Å². The second kappa shape index (κ2) is 7.73. The van der Waals surface area contributed by atoms with Crippen LogP contribution in [0.1, 0.15) is 36.5 Å². The van der Waals surface area contributed by atoms with Gasteiger partial charge in [0.2, 0.25) is 0 Å². The van der Waals surface area contributed by atoms with Crippen LogP contribution in [0, 0.1) is 12.8 Å². The molecule has 0 bridgehead atoms. The van der Waals surface area contributed by atoms with Crippen LogP contribution in [0.3, 0.4) is 0 Å². The molecule has 2 unspecified atom stereocenters. The molecule has 1 heterocycles. The standard InChI is InChI=1S/C34H29NO/c1-22-11-9-14-24(21-22)35(23-12-5-4-6-13-23)30-18-10-16-25-26-19-20-29-31(33(26)36-32(25)30)27-15-7-8-17-28(27)34(29,2)3/h4-21,27-28H,1-3H3. The number of anilines is 3. The lowest BCUT2D eigenvalue weighted by molar-refractivity contribution is 0.394. The molecule has 36 heavy (non-hydrogen) atoms. The number of hydrogen-bond acceptors (Lipinski definition) is 2. The van der Waals surface area contributed by atoms with E-state index >= 15 is 0 Å². The highest BCUT2D eigenvalue weighted by Crippen LogP contribution is 2.56. The Kier molecular flexibility index (Phi) is 4.56.